The van der Waals surface area contributed by atoms with E-state index in [0.717, 1.165) is 5.69 Å². The monoisotopic (exact) mass is 344 g/mol. The molecular weight excluding hydrogens is 320 g/mol. The number of para-hydroxylation sites is 1. The number of amides is 1. The maximum atomic E-state index is 12.5. The van der Waals surface area contributed by atoms with Crippen molar-refractivity contribution in [3.8, 4) is 5.69 Å². The Morgan fingerprint density at radius 1 is 1.16 bits per heavy atom. The summed E-state index contributed by atoms with van der Waals surface area (Å²) < 4.78 is 7.27. The number of piperazine rings is 1. The van der Waals surface area contributed by atoms with Gasteiger partial charge in [0.05, 0.1) is 5.69 Å². The molecule has 1 aromatic carbocycles. The lowest BCUT2D eigenvalue weighted by molar-refractivity contribution is -0.144. The van der Waals surface area contributed by atoms with E-state index in [1.807, 2.05) is 49.1 Å². The molecule has 0 bridgehead atoms. The molecule has 2 aromatic rings. The maximum Gasteiger partial charge on any atom is 0.251 e. The molecule has 0 unspecified atom stereocenters. The van der Waals surface area contributed by atoms with Crippen LogP contribution in [0.25, 0.3) is 5.69 Å². The van der Waals surface area contributed by atoms with Crippen LogP contribution in [0.3, 0.4) is 0 Å². The first-order valence-electron chi connectivity index (χ1n) is 8.73. The highest BCUT2D eigenvalue weighted by molar-refractivity contribution is 5.81. The predicted molar refractivity (Wildman–Crippen MR) is 93.7 cm³/mol. The Balaban J connectivity index is 1.66. The SMILES string of the molecule is CCO[C@H](CC)C(=O)N1CCN(c2nnnn2-c2ccccc2)CC1. The van der Waals surface area contributed by atoms with Crippen LogP contribution in [0.4, 0.5) is 5.95 Å². The van der Waals surface area contributed by atoms with Crippen LogP contribution in [0.15, 0.2) is 30.3 Å². The summed E-state index contributed by atoms with van der Waals surface area (Å²) in [6.45, 7) is 7.12. The quantitative estimate of drug-likeness (QED) is 0.782. The van der Waals surface area contributed by atoms with E-state index >= 15 is 0 Å². The number of tetrazole rings is 1. The van der Waals surface area contributed by atoms with Crippen LogP contribution >= 0.6 is 0 Å². The number of nitrogens with zero attached hydrogens (tertiary/aromatic N) is 6. The second-order valence-corrected chi connectivity index (χ2v) is 5.89. The van der Waals surface area contributed by atoms with Crippen molar-refractivity contribution < 1.29 is 9.53 Å². The van der Waals surface area contributed by atoms with Crippen LogP contribution in [0.1, 0.15) is 20.3 Å². The van der Waals surface area contributed by atoms with Crippen LogP contribution in [-0.4, -0.2) is 69.9 Å². The van der Waals surface area contributed by atoms with Gasteiger partial charge in [-0.2, -0.15) is 4.68 Å². The van der Waals surface area contributed by atoms with E-state index in [0.29, 0.717) is 45.2 Å². The minimum atomic E-state index is -0.341. The van der Waals surface area contributed by atoms with Gasteiger partial charge in [0, 0.05) is 32.8 Å². The molecule has 1 fully saturated rings. The minimum Gasteiger partial charge on any atom is -0.369 e. The summed E-state index contributed by atoms with van der Waals surface area (Å²) in [5.74, 6) is 0.779. The molecule has 8 nitrogen and oxygen atoms in total. The summed E-state index contributed by atoms with van der Waals surface area (Å²) in [5.41, 5.74) is 0.920. The van der Waals surface area contributed by atoms with Gasteiger partial charge in [0.1, 0.15) is 6.10 Å². The summed E-state index contributed by atoms with van der Waals surface area (Å²) in [6.07, 6.45) is 0.352. The lowest BCUT2D eigenvalue weighted by atomic mass is 10.2. The van der Waals surface area contributed by atoms with E-state index in [9.17, 15) is 4.79 Å². The van der Waals surface area contributed by atoms with Gasteiger partial charge >= 0.3 is 0 Å². The Labute approximate surface area is 147 Å². The van der Waals surface area contributed by atoms with E-state index in [1.54, 1.807) is 4.68 Å². The van der Waals surface area contributed by atoms with Gasteiger partial charge < -0.3 is 14.5 Å². The van der Waals surface area contributed by atoms with Crippen molar-refractivity contribution in [2.24, 2.45) is 0 Å². The van der Waals surface area contributed by atoms with Gasteiger partial charge in [0.25, 0.3) is 5.91 Å². The van der Waals surface area contributed by atoms with E-state index < -0.39 is 0 Å². The molecule has 3 rings (SSSR count). The molecule has 0 N–H and O–H groups in total. The molecule has 1 saturated heterocycles. The van der Waals surface area contributed by atoms with Crippen LogP contribution in [0.2, 0.25) is 0 Å². The smallest absolute Gasteiger partial charge is 0.251 e. The van der Waals surface area contributed by atoms with Crippen molar-refractivity contribution >= 4 is 11.9 Å². The molecular formula is C17H24N6O2. The second-order valence-electron chi connectivity index (χ2n) is 5.89. The lowest BCUT2D eigenvalue weighted by Gasteiger charge is -2.36. The number of hydrogen-bond donors (Lipinski definition) is 0. The predicted octanol–water partition coefficient (Wildman–Crippen LogP) is 1.13. The topological polar surface area (TPSA) is 76.4 Å². The fourth-order valence-electron chi connectivity index (χ4n) is 3.01. The van der Waals surface area contributed by atoms with Crippen LogP contribution < -0.4 is 4.90 Å². The Morgan fingerprint density at radius 3 is 2.52 bits per heavy atom. The van der Waals surface area contributed by atoms with Crippen molar-refractivity contribution in [2.75, 3.05) is 37.7 Å². The second kappa shape index (κ2) is 8.06. The molecule has 8 heteroatoms. The van der Waals surface area contributed by atoms with E-state index in [4.69, 9.17) is 4.74 Å². The van der Waals surface area contributed by atoms with Crippen molar-refractivity contribution in [1.82, 2.24) is 25.1 Å². The zero-order valence-corrected chi connectivity index (χ0v) is 14.7. The van der Waals surface area contributed by atoms with Crippen LogP contribution in [0, 0.1) is 0 Å². The average Bonchev–Trinajstić information content (AvgIpc) is 3.16. The number of carbonyl (C=O) groups is 1. The van der Waals surface area contributed by atoms with E-state index in [2.05, 4.69) is 20.4 Å². The number of carbonyl (C=O) groups excluding carboxylic acids is 1. The Bertz CT molecular complexity index is 681. The lowest BCUT2D eigenvalue weighted by Crippen LogP contribution is -2.52. The number of anilines is 1. The number of benzene rings is 1. The van der Waals surface area contributed by atoms with E-state index in [1.165, 1.54) is 0 Å². The molecule has 1 aliphatic heterocycles. The van der Waals surface area contributed by atoms with Crippen LogP contribution in [-0.2, 0) is 9.53 Å². The van der Waals surface area contributed by atoms with Gasteiger partial charge in [-0.05, 0) is 35.9 Å². The van der Waals surface area contributed by atoms with Crippen molar-refractivity contribution in [1.29, 1.82) is 0 Å². The number of rotatable bonds is 6. The highest BCUT2D eigenvalue weighted by Gasteiger charge is 2.28. The zero-order valence-electron chi connectivity index (χ0n) is 14.7. The molecule has 1 amide bonds. The number of hydrogen-bond acceptors (Lipinski definition) is 6. The van der Waals surface area contributed by atoms with E-state index in [-0.39, 0.29) is 12.0 Å². The molecule has 1 atom stereocenters. The van der Waals surface area contributed by atoms with Gasteiger partial charge in [0.2, 0.25) is 5.95 Å². The van der Waals surface area contributed by atoms with Gasteiger partial charge in [-0.1, -0.05) is 30.2 Å². The molecule has 134 valence electrons. The summed E-state index contributed by atoms with van der Waals surface area (Å²) in [6, 6.07) is 9.80. The normalized spacial score (nSPS) is 16.1. The fourth-order valence-corrected chi connectivity index (χ4v) is 3.01. The molecule has 1 aromatic heterocycles. The van der Waals surface area contributed by atoms with Gasteiger partial charge in [0.15, 0.2) is 0 Å². The maximum absolute atomic E-state index is 12.5. The zero-order chi connectivity index (χ0) is 17.6. The molecule has 0 spiro atoms. The van der Waals surface area contributed by atoms with Crippen molar-refractivity contribution in [3.05, 3.63) is 30.3 Å². The van der Waals surface area contributed by atoms with Crippen molar-refractivity contribution in [3.63, 3.8) is 0 Å². The van der Waals surface area contributed by atoms with Gasteiger partial charge in [-0.25, -0.2) is 0 Å². The Morgan fingerprint density at radius 2 is 1.88 bits per heavy atom. The third-order valence-electron chi connectivity index (χ3n) is 4.34. The third-order valence-corrected chi connectivity index (χ3v) is 4.34. The first-order valence-corrected chi connectivity index (χ1v) is 8.73. The molecule has 0 radical (unpaired) electrons. The average molecular weight is 344 g/mol. The standard InChI is InChI=1S/C17H24N6O2/c1-3-15(25-4-2)16(24)21-10-12-22(13-11-21)17-18-19-20-23(17)14-8-6-5-7-9-14/h5-9,15H,3-4,10-13H2,1-2H3/t15-/m1/s1. The minimum absolute atomic E-state index is 0.0756. The number of aromatic nitrogens is 4. The number of ether oxygens (including phenoxy) is 1. The largest absolute Gasteiger partial charge is 0.369 e. The summed E-state index contributed by atoms with van der Waals surface area (Å²) in [4.78, 5) is 16.5. The highest BCUT2D eigenvalue weighted by atomic mass is 16.5. The first kappa shape index (κ1) is 17.3. The summed E-state index contributed by atoms with van der Waals surface area (Å²) in [7, 11) is 0. The first-order chi connectivity index (χ1) is 12.2. The molecule has 0 aliphatic carbocycles. The van der Waals surface area contributed by atoms with Gasteiger partial charge in [-0.15, -0.1) is 0 Å². The van der Waals surface area contributed by atoms with Crippen molar-refractivity contribution in [2.45, 2.75) is 26.4 Å². The fraction of sp³-hybridized carbons (Fsp3) is 0.529. The Hall–Kier alpha value is -2.48. The molecule has 0 saturated carbocycles. The van der Waals surface area contributed by atoms with Gasteiger partial charge in [-0.3, -0.25) is 4.79 Å². The van der Waals surface area contributed by atoms with Crippen LogP contribution in [0.5, 0.6) is 0 Å². The molecule has 25 heavy (non-hydrogen) atoms. The highest BCUT2D eigenvalue weighted by Crippen LogP contribution is 2.17. The molecule has 2 heterocycles. The third kappa shape index (κ3) is 3.79. The summed E-state index contributed by atoms with van der Waals surface area (Å²) >= 11 is 0. The molecule has 1 aliphatic rings. The summed E-state index contributed by atoms with van der Waals surface area (Å²) in [5, 5.41) is 12.1. The Kier molecular flexibility index (Phi) is 5.60.